The van der Waals surface area contributed by atoms with Crippen molar-refractivity contribution in [3.8, 4) is 11.5 Å². The number of aryl methyl sites for hydroxylation is 1. The summed E-state index contributed by atoms with van der Waals surface area (Å²) in [4.78, 5) is 25.7. The topological polar surface area (TPSA) is 84.7 Å². The fourth-order valence-corrected chi connectivity index (χ4v) is 3.32. The average Bonchev–Trinajstić information content (AvgIpc) is 3.12. The molecule has 30 heavy (non-hydrogen) atoms. The lowest BCUT2D eigenvalue weighted by Crippen LogP contribution is -2.40. The fraction of sp³-hybridized carbons (Fsp3) is 0.333. The van der Waals surface area contributed by atoms with Crippen LogP contribution in [0.1, 0.15) is 25.8 Å². The van der Waals surface area contributed by atoms with E-state index in [1.165, 1.54) is 0 Å². The predicted octanol–water partition coefficient (Wildman–Crippen LogP) is 4.33. The summed E-state index contributed by atoms with van der Waals surface area (Å²) in [5, 5.41) is 6.93. The number of hydrogen-bond donors (Lipinski definition) is 2. The second-order valence-electron chi connectivity index (χ2n) is 7.44. The van der Waals surface area contributed by atoms with E-state index in [1.807, 2.05) is 29.9 Å². The average molecular weight is 447 g/mol. The van der Waals surface area contributed by atoms with Crippen molar-refractivity contribution in [2.45, 2.75) is 32.9 Å². The Morgan fingerprint density at radius 3 is 2.53 bits per heavy atom. The van der Waals surface area contributed by atoms with Crippen molar-refractivity contribution in [2.75, 3.05) is 5.32 Å². The minimum absolute atomic E-state index is 0.0860. The smallest absolute Gasteiger partial charge is 0.242 e. The lowest BCUT2D eigenvalue weighted by Gasteiger charge is -2.21. The van der Waals surface area contributed by atoms with Gasteiger partial charge >= 0.3 is 0 Å². The molecule has 3 aromatic rings. The van der Waals surface area contributed by atoms with Crippen LogP contribution in [0.15, 0.2) is 42.7 Å². The van der Waals surface area contributed by atoms with Gasteiger partial charge in [0, 0.05) is 37.1 Å². The number of amides is 1. The Morgan fingerprint density at radius 1 is 1.17 bits per heavy atom. The van der Waals surface area contributed by atoms with E-state index in [4.69, 9.17) is 23.2 Å². The molecule has 0 fully saturated rings. The molecule has 2 heterocycles. The van der Waals surface area contributed by atoms with E-state index in [-0.39, 0.29) is 11.2 Å². The molecule has 0 aliphatic carbocycles. The van der Waals surface area contributed by atoms with Gasteiger partial charge < -0.3 is 15.2 Å². The van der Waals surface area contributed by atoms with Gasteiger partial charge in [0.2, 0.25) is 11.2 Å². The van der Waals surface area contributed by atoms with Gasteiger partial charge in [-0.15, -0.1) is 0 Å². The Morgan fingerprint density at radius 2 is 1.90 bits per heavy atom. The van der Waals surface area contributed by atoms with Gasteiger partial charge in [-0.25, -0.2) is 15.0 Å². The first-order valence-electron chi connectivity index (χ1n) is 9.63. The van der Waals surface area contributed by atoms with Gasteiger partial charge in [0.05, 0.1) is 0 Å². The quantitative estimate of drug-likeness (QED) is 0.503. The molecule has 0 aliphatic heterocycles. The number of nitrogens with zero attached hydrogens (tertiary/aromatic N) is 4. The van der Waals surface area contributed by atoms with E-state index < -0.39 is 6.04 Å². The lowest BCUT2D eigenvalue weighted by atomic mass is 10.0. The van der Waals surface area contributed by atoms with Crippen molar-refractivity contribution in [3.05, 3.63) is 58.6 Å². The monoisotopic (exact) mass is 446 g/mol. The maximum absolute atomic E-state index is 12.9. The molecule has 0 spiro atoms. The van der Waals surface area contributed by atoms with Crippen LogP contribution in [0, 0.1) is 5.92 Å². The first-order valence-corrected chi connectivity index (χ1v) is 10.4. The van der Waals surface area contributed by atoms with Crippen LogP contribution in [0.2, 0.25) is 10.3 Å². The largest absolute Gasteiger partial charge is 0.358 e. The number of hydrogen-bond acceptors (Lipinski definition) is 5. The van der Waals surface area contributed by atoms with Crippen molar-refractivity contribution < 1.29 is 4.79 Å². The van der Waals surface area contributed by atoms with E-state index in [0.29, 0.717) is 41.2 Å². The minimum atomic E-state index is -0.475. The summed E-state index contributed by atoms with van der Waals surface area (Å²) in [7, 11) is 1.87. The van der Waals surface area contributed by atoms with Crippen LogP contribution in [-0.4, -0.2) is 31.5 Å². The third kappa shape index (κ3) is 5.93. The molecule has 3 rings (SSSR count). The molecule has 7 nitrogen and oxygen atoms in total. The number of halogens is 2. The highest BCUT2D eigenvalue weighted by molar-refractivity contribution is 6.30. The van der Waals surface area contributed by atoms with Gasteiger partial charge in [-0.3, -0.25) is 4.79 Å². The van der Waals surface area contributed by atoms with E-state index in [2.05, 4.69) is 39.4 Å². The summed E-state index contributed by atoms with van der Waals surface area (Å²) >= 11 is 12.0. The summed E-state index contributed by atoms with van der Waals surface area (Å²) < 4.78 is 1.84. The van der Waals surface area contributed by atoms with Crippen LogP contribution in [0.3, 0.4) is 0 Å². The molecular formula is C21H24Cl2N6O. The van der Waals surface area contributed by atoms with Gasteiger partial charge in [0.25, 0.3) is 0 Å². The maximum atomic E-state index is 12.9. The van der Waals surface area contributed by atoms with Crippen molar-refractivity contribution in [1.82, 2.24) is 24.8 Å². The van der Waals surface area contributed by atoms with Crippen molar-refractivity contribution in [2.24, 2.45) is 13.0 Å². The molecule has 158 valence electrons. The van der Waals surface area contributed by atoms with Crippen molar-refractivity contribution in [1.29, 1.82) is 0 Å². The zero-order valence-corrected chi connectivity index (χ0v) is 18.6. The summed E-state index contributed by atoms with van der Waals surface area (Å²) in [6.07, 6.45) is 4.14. The summed E-state index contributed by atoms with van der Waals surface area (Å²) in [6.45, 7) is 4.54. The number of carbonyl (C=O) groups excluding carboxylic acids is 1. The number of nitrogens with one attached hydrogen (secondary N) is 2. The molecule has 0 saturated carbocycles. The van der Waals surface area contributed by atoms with E-state index in [0.717, 1.165) is 5.56 Å². The number of carbonyl (C=O) groups is 1. The molecule has 1 aromatic carbocycles. The second kappa shape index (κ2) is 9.91. The Kier molecular flexibility index (Phi) is 7.29. The summed E-state index contributed by atoms with van der Waals surface area (Å²) in [5.74, 6) is 1.32. The lowest BCUT2D eigenvalue weighted by molar-refractivity contribution is -0.122. The SMILES string of the molecule is CC(C)C[C@@H](Nc1cc(-c2nccn2C)nc(Cl)n1)C(=O)NCc1ccc(Cl)cc1. The van der Waals surface area contributed by atoms with Crippen LogP contribution < -0.4 is 10.6 Å². The molecule has 0 saturated heterocycles. The summed E-state index contributed by atoms with van der Waals surface area (Å²) in [6, 6.07) is 8.64. The molecule has 1 atom stereocenters. The van der Waals surface area contributed by atoms with Gasteiger partial charge in [-0.1, -0.05) is 37.6 Å². The molecule has 0 bridgehead atoms. The van der Waals surface area contributed by atoms with Crippen LogP contribution in [0.25, 0.3) is 11.5 Å². The maximum Gasteiger partial charge on any atom is 0.242 e. The minimum Gasteiger partial charge on any atom is -0.358 e. The number of rotatable bonds is 8. The van der Waals surface area contributed by atoms with Crippen LogP contribution >= 0.6 is 23.2 Å². The normalized spacial score (nSPS) is 12.1. The van der Waals surface area contributed by atoms with Gasteiger partial charge in [0.1, 0.15) is 17.6 Å². The van der Waals surface area contributed by atoms with Gasteiger partial charge in [0.15, 0.2) is 5.82 Å². The molecule has 0 unspecified atom stereocenters. The van der Waals surface area contributed by atoms with Crippen LogP contribution in [0.4, 0.5) is 5.82 Å². The van der Waals surface area contributed by atoms with E-state index >= 15 is 0 Å². The highest BCUT2D eigenvalue weighted by atomic mass is 35.5. The zero-order valence-electron chi connectivity index (χ0n) is 17.1. The third-order valence-corrected chi connectivity index (χ3v) is 4.90. The van der Waals surface area contributed by atoms with Crippen LogP contribution in [0.5, 0.6) is 0 Å². The highest BCUT2D eigenvalue weighted by Gasteiger charge is 2.21. The molecular weight excluding hydrogens is 423 g/mol. The first-order chi connectivity index (χ1) is 14.3. The van der Waals surface area contributed by atoms with E-state index in [9.17, 15) is 4.79 Å². The van der Waals surface area contributed by atoms with Crippen molar-refractivity contribution >= 4 is 34.9 Å². The molecule has 1 amide bonds. The number of aromatic nitrogens is 4. The number of imidazole rings is 1. The highest BCUT2D eigenvalue weighted by Crippen LogP contribution is 2.21. The van der Waals surface area contributed by atoms with Crippen LogP contribution in [-0.2, 0) is 18.4 Å². The molecule has 2 N–H and O–H groups in total. The van der Waals surface area contributed by atoms with Gasteiger partial charge in [-0.2, -0.15) is 0 Å². The Bertz CT molecular complexity index is 1000. The standard InChI is InChI=1S/C21H24Cl2N6O/c1-13(2)10-17(20(30)25-12-14-4-6-15(22)7-5-14)26-18-11-16(27-21(23)28-18)19-24-8-9-29(19)3/h4-9,11,13,17H,10,12H2,1-3H3,(H,25,30)(H,26,27,28)/t17-/m1/s1. The third-order valence-electron chi connectivity index (χ3n) is 4.47. The van der Waals surface area contributed by atoms with Gasteiger partial charge in [-0.05, 0) is 41.6 Å². The Hall–Kier alpha value is -2.64. The predicted molar refractivity (Wildman–Crippen MR) is 119 cm³/mol. The second-order valence-corrected chi connectivity index (χ2v) is 8.21. The summed E-state index contributed by atoms with van der Waals surface area (Å²) in [5.41, 5.74) is 1.55. The molecule has 0 aliphatic rings. The van der Waals surface area contributed by atoms with E-state index in [1.54, 1.807) is 24.4 Å². The Balaban J connectivity index is 1.75. The fourth-order valence-electron chi connectivity index (χ4n) is 3.01. The first kappa shape index (κ1) is 22.1. The zero-order chi connectivity index (χ0) is 21.7. The molecule has 2 aromatic heterocycles. The molecule has 0 radical (unpaired) electrons. The number of anilines is 1. The molecule has 9 heteroatoms. The Labute approximate surface area is 185 Å². The number of benzene rings is 1. The van der Waals surface area contributed by atoms with Crippen molar-refractivity contribution in [3.63, 3.8) is 0 Å².